The normalized spacial score (nSPS) is 34.1. The van der Waals surface area contributed by atoms with Crippen LogP contribution in [0.5, 0.6) is 0 Å². The maximum atomic E-state index is 6.83. The van der Waals surface area contributed by atoms with Crippen molar-refractivity contribution < 1.29 is 18.9 Å². The Morgan fingerprint density at radius 1 is 0.528 bits per heavy atom. The van der Waals surface area contributed by atoms with Crippen LogP contribution in [0, 0.1) is 64.1 Å². The van der Waals surface area contributed by atoms with Gasteiger partial charge in [0.05, 0.1) is 23.9 Å². The monoisotopic (exact) mass is 743 g/mol. The summed E-state index contributed by atoms with van der Waals surface area (Å²) in [6, 6.07) is 0. The van der Waals surface area contributed by atoms with Gasteiger partial charge in [-0.15, -0.1) is 0 Å². The second-order valence-electron chi connectivity index (χ2n) is 21.7. The summed E-state index contributed by atoms with van der Waals surface area (Å²) in [5, 5.41) is 0. The SMILES string of the molecule is CCOCOC1CCC(C(C)(C)C2CCC(C(C)(C)OCC(C)CCC3CCC(C(C)(CC)C4CCC(C(C)(C)OCC5CC5)CC4)CC3)CC2)CC1. The molecule has 4 heteroatoms. The van der Waals surface area contributed by atoms with Gasteiger partial charge in [0, 0.05) is 13.2 Å². The highest BCUT2D eigenvalue weighted by Crippen LogP contribution is 2.54. The van der Waals surface area contributed by atoms with Gasteiger partial charge < -0.3 is 18.9 Å². The van der Waals surface area contributed by atoms with Crippen molar-refractivity contribution in [3.8, 4) is 0 Å². The third kappa shape index (κ3) is 11.9. The molecule has 0 spiro atoms. The lowest BCUT2D eigenvalue weighted by Gasteiger charge is -2.50. The Morgan fingerprint density at radius 2 is 0.981 bits per heavy atom. The predicted octanol–water partition coefficient (Wildman–Crippen LogP) is 13.8. The fourth-order valence-corrected chi connectivity index (χ4v) is 12.3. The molecule has 0 heterocycles. The van der Waals surface area contributed by atoms with Crippen molar-refractivity contribution >= 4 is 0 Å². The van der Waals surface area contributed by atoms with Gasteiger partial charge in [-0.05, 0) is 208 Å². The van der Waals surface area contributed by atoms with E-state index >= 15 is 0 Å². The molecule has 2 unspecified atom stereocenters. The molecular formula is C49H90O4. The van der Waals surface area contributed by atoms with Gasteiger partial charge in [0.25, 0.3) is 0 Å². The molecule has 0 aliphatic heterocycles. The van der Waals surface area contributed by atoms with E-state index in [1.54, 1.807) is 0 Å². The van der Waals surface area contributed by atoms with E-state index in [0.29, 0.717) is 35.6 Å². The van der Waals surface area contributed by atoms with Gasteiger partial charge in [0.15, 0.2) is 0 Å². The molecule has 5 fully saturated rings. The van der Waals surface area contributed by atoms with E-state index in [4.69, 9.17) is 18.9 Å². The highest BCUT2D eigenvalue weighted by molar-refractivity contribution is 4.96. The minimum absolute atomic E-state index is 0.0134. The van der Waals surface area contributed by atoms with Gasteiger partial charge in [-0.3, -0.25) is 0 Å². The summed E-state index contributed by atoms with van der Waals surface area (Å²) in [5.74, 6) is 7.37. The maximum absolute atomic E-state index is 6.83. The molecule has 0 bridgehead atoms. The van der Waals surface area contributed by atoms with Gasteiger partial charge in [0.1, 0.15) is 6.79 Å². The second-order valence-corrected chi connectivity index (χ2v) is 21.7. The van der Waals surface area contributed by atoms with Crippen LogP contribution in [0.1, 0.15) is 204 Å². The van der Waals surface area contributed by atoms with E-state index in [9.17, 15) is 0 Å². The lowest BCUT2D eigenvalue weighted by molar-refractivity contribution is -0.109. The summed E-state index contributed by atoms with van der Waals surface area (Å²) in [7, 11) is 0. The van der Waals surface area contributed by atoms with Gasteiger partial charge in [-0.2, -0.15) is 0 Å². The molecule has 5 aliphatic carbocycles. The summed E-state index contributed by atoms with van der Waals surface area (Å²) in [5.41, 5.74) is 0.990. The van der Waals surface area contributed by atoms with Gasteiger partial charge in [-0.25, -0.2) is 0 Å². The Morgan fingerprint density at radius 3 is 1.49 bits per heavy atom. The molecule has 0 N–H and O–H groups in total. The zero-order valence-corrected chi connectivity index (χ0v) is 37.1. The molecule has 5 saturated carbocycles. The maximum Gasteiger partial charge on any atom is 0.147 e. The van der Waals surface area contributed by atoms with Crippen molar-refractivity contribution in [2.24, 2.45) is 64.1 Å². The molecule has 0 aromatic heterocycles. The van der Waals surface area contributed by atoms with Gasteiger partial charge >= 0.3 is 0 Å². The van der Waals surface area contributed by atoms with Crippen molar-refractivity contribution in [3.63, 3.8) is 0 Å². The fraction of sp³-hybridized carbons (Fsp3) is 1.00. The summed E-state index contributed by atoms with van der Waals surface area (Å²) in [4.78, 5) is 0. The average molecular weight is 743 g/mol. The Hall–Kier alpha value is -0.160. The number of hydrogen-bond donors (Lipinski definition) is 0. The first kappa shape index (κ1) is 44.0. The molecule has 2 atom stereocenters. The van der Waals surface area contributed by atoms with Gasteiger partial charge in [0.2, 0.25) is 0 Å². The van der Waals surface area contributed by atoms with E-state index in [1.165, 1.54) is 135 Å². The van der Waals surface area contributed by atoms with Crippen LogP contribution in [0.2, 0.25) is 0 Å². The first-order valence-electron chi connectivity index (χ1n) is 23.6. The first-order chi connectivity index (χ1) is 25.2. The molecule has 0 aromatic rings. The van der Waals surface area contributed by atoms with Crippen molar-refractivity contribution in [3.05, 3.63) is 0 Å². The van der Waals surface area contributed by atoms with E-state index in [-0.39, 0.29) is 11.2 Å². The summed E-state index contributed by atoms with van der Waals surface area (Å²) in [6.45, 7) is 27.6. The molecular weight excluding hydrogens is 653 g/mol. The van der Waals surface area contributed by atoms with E-state index < -0.39 is 0 Å². The highest BCUT2D eigenvalue weighted by atomic mass is 16.7. The molecule has 0 saturated heterocycles. The topological polar surface area (TPSA) is 36.9 Å². The highest BCUT2D eigenvalue weighted by Gasteiger charge is 2.46. The molecule has 0 amide bonds. The Labute approximate surface area is 330 Å². The van der Waals surface area contributed by atoms with Crippen molar-refractivity contribution in [2.45, 2.75) is 221 Å². The lowest BCUT2D eigenvalue weighted by atomic mass is 9.56. The van der Waals surface area contributed by atoms with Crippen LogP contribution in [-0.4, -0.2) is 43.9 Å². The zero-order valence-electron chi connectivity index (χ0n) is 37.1. The molecule has 4 nitrogen and oxygen atoms in total. The second kappa shape index (κ2) is 19.5. The molecule has 53 heavy (non-hydrogen) atoms. The minimum Gasteiger partial charge on any atom is -0.375 e. The molecule has 0 radical (unpaired) electrons. The van der Waals surface area contributed by atoms with Crippen LogP contribution in [0.4, 0.5) is 0 Å². The van der Waals surface area contributed by atoms with E-state index in [0.717, 1.165) is 61.2 Å². The fourth-order valence-electron chi connectivity index (χ4n) is 12.3. The summed E-state index contributed by atoms with van der Waals surface area (Å²) in [6.07, 6.45) is 29.1. The quantitative estimate of drug-likeness (QED) is 0.0919. The predicted molar refractivity (Wildman–Crippen MR) is 223 cm³/mol. The molecule has 5 rings (SSSR count). The lowest BCUT2D eigenvalue weighted by Crippen LogP contribution is -2.43. The van der Waals surface area contributed by atoms with E-state index in [2.05, 4.69) is 62.3 Å². The third-order valence-electron chi connectivity index (χ3n) is 17.5. The molecule has 5 aliphatic rings. The van der Waals surface area contributed by atoms with E-state index in [1.807, 2.05) is 6.92 Å². The number of rotatable bonds is 20. The minimum atomic E-state index is -0.0134. The van der Waals surface area contributed by atoms with Crippen LogP contribution < -0.4 is 0 Å². The molecule has 310 valence electrons. The Balaban J connectivity index is 0.966. The number of ether oxygens (including phenoxy) is 4. The van der Waals surface area contributed by atoms with Crippen LogP contribution in [0.3, 0.4) is 0 Å². The van der Waals surface area contributed by atoms with Crippen molar-refractivity contribution in [1.29, 1.82) is 0 Å². The van der Waals surface area contributed by atoms with Crippen molar-refractivity contribution in [2.75, 3.05) is 26.6 Å². The summed E-state index contributed by atoms with van der Waals surface area (Å²) >= 11 is 0. The first-order valence-corrected chi connectivity index (χ1v) is 23.6. The smallest absolute Gasteiger partial charge is 0.147 e. The Bertz CT molecular complexity index is 1030. The van der Waals surface area contributed by atoms with Crippen LogP contribution >= 0.6 is 0 Å². The standard InChI is InChI=1S/C49H90O4/c1-11-49(10,44-27-25-42(26-28-44)48(8,9)53-34-38-15-16-38)43-19-17-37(18-20-43)14-13-36(3)33-52-47(6,7)41-23-21-39(22-24-41)46(4,5)40-29-31-45(32-30-40)51-35-50-12-2/h36-45H,11-35H2,1-10H3. The van der Waals surface area contributed by atoms with Crippen molar-refractivity contribution in [1.82, 2.24) is 0 Å². The summed E-state index contributed by atoms with van der Waals surface area (Å²) < 4.78 is 24.8. The zero-order chi connectivity index (χ0) is 38.3. The van der Waals surface area contributed by atoms with Crippen LogP contribution in [0.25, 0.3) is 0 Å². The molecule has 0 aromatic carbocycles. The van der Waals surface area contributed by atoms with Crippen LogP contribution in [-0.2, 0) is 18.9 Å². The Kier molecular flexibility index (Phi) is 16.2. The third-order valence-corrected chi connectivity index (χ3v) is 17.5. The number of hydrogen-bond acceptors (Lipinski definition) is 4. The average Bonchev–Trinajstić information content (AvgIpc) is 4.01. The largest absolute Gasteiger partial charge is 0.375 e. The van der Waals surface area contributed by atoms with Gasteiger partial charge in [-0.1, -0.05) is 60.3 Å². The van der Waals surface area contributed by atoms with Crippen LogP contribution in [0.15, 0.2) is 0 Å².